The monoisotopic (exact) mass is 163 g/mol. The van der Waals surface area contributed by atoms with E-state index in [1.54, 1.807) is 6.20 Å². The molecular formula is C9H13N3. The summed E-state index contributed by atoms with van der Waals surface area (Å²) >= 11 is 0. The maximum atomic E-state index is 3.87. The molecule has 0 bridgehead atoms. The van der Waals surface area contributed by atoms with Crippen molar-refractivity contribution in [2.24, 2.45) is 5.92 Å². The van der Waals surface area contributed by atoms with Gasteiger partial charge in [-0.3, -0.25) is 0 Å². The van der Waals surface area contributed by atoms with Gasteiger partial charge in [0.1, 0.15) is 0 Å². The van der Waals surface area contributed by atoms with E-state index < -0.39 is 0 Å². The highest BCUT2D eigenvalue weighted by molar-refractivity contribution is 5.14. The summed E-state index contributed by atoms with van der Waals surface area (Å²) < 4.78 is 0. The van der Waals surface area contributed by atoms with E-state index in [2.05, 4.69) is 15.5 Å². The molecule has 3 nitrogen and oxygen atoms in total. The Balaban J connectivity index is 2.15. The van der Waals surface area contributed by atoms with Crippen LogP contribution in [-0.2, 0) is 0 Å². The van der Waals surface area contributed by atoms with Gasteiger partial charge in [0, 0.05) is 12.2 Å². The van der Waals surface area contributed by atoms with Crippen LogP contribution in [-0.4, -0.2) is 17.2 Å². The van der Waals surface area contributed by atoms with Crippen LogP contribution in [0.4, 0.5) is 0 Å². The Hall–Kier alpha value is -0.960. The molecule has 1 aromatic rings. The van der Waals surface area contributed by atoms with Crippen molar-refractivity contribution >= 4 is 0 Å². The predicted molar refractivity (Wildman–Crippen MR) is 46.6 cm³/mol. The maximum Gasteiger partial charge on any atom is 0.0544 e. The second-order valence-corrected chi connectivity index (χ2v) is 3.28. The zero-order valence-corrected chi connectivity index (χ0v) is 7.20. The summed E-state index contributed by atoms with van der Waals surface area (Å²) in [5, 5.41) is 11.0. The molecule has 1 heterocycles. The first-order valence-corrected chi connectivity index (χ1v) is 4.35. The van der Waals surface area contributed by atoms with Crippen molar-refractivity contribution in [3.05, 3.63) is 24.0 Å². The van der Waals surface area contributed by atoms with Gasteiger partial charge < -0.3 is 5.32 Å². The first-order valence-electron chi connectivity index (χ1n) is 4.35. The Morgan fingerprint density at radius 3 is 2.83 bits per heavy atom. The molecule has 1 atom stereocenters. The lowest BCUT2D eigenvalue weighted by atomic mass is 10.1. The number of hydrogen-bond acceptors (Lipinski definition) is 3. The summed E-state index contributed by atoms with van der Waals surface area (Å²) in [5.74, 6) is 0.819. The topological polar surface area (TPSA) is 37.8 Å². The second-order valence-electron chi connectivity index (χ2n) is 3.28. The van der Waals surface area contributed by atoms with Gasteiger partial charge in [-0.1, -0.05) is 0 Å². The average Bonchev–Trinajstić information content (AvgIpc) is 2.92. The smallest absolute Gasteiger partial charge is 0.0544 e. The van der Waals surface area contributed by atoms with Gasteiger partial charge in [-0.05, 0) is 37.4 Å². The molecular weight excluding hydrogens is 150 g/mol. The fourth-order valence-electron chi connectivity index (χ4n) is 1.59. The molecule has 2 rings (SSSR count). The molecule has 0 radical (unpaired) electrons. The first kappa shape index (κ1) is 7.68. The van der Waals surface area contributed by atoms with Gasteiger partial charge in [-0.25, -0.2) is 0 Å². The van der Waals surface area contributed by atoms with Gasteiger partial charge in [-0.15, -0.1) is 0 Å². The summed E-state index contributed by atoms with van der Waals surface area (Å²) in [6, 6.07) is 2.52. The van der Waals surface area contributed by atoms with Crippen molar-refractivity contribution in [2.45, 2.75) is 18.9 Å². The highest BCUT2D eigenvalue weighted by Gasteiger charge is 2.31. The molecule has 1 saturated carbocycles. The van der Waals surface area contributed by atoms with Crippen molar-refractivity contribution < 1.29 is 0 Å². The Kier molecular flexibility index (Phi) is 2.04. The third kappa shape index (κ3) is 1.46. The van der Waals surface area contributed by atoms with E-state index in [1.807, 2.05) is 19.3 Å². The minimum atomic E-state index is 0.487. The zero-order chi connectivity index (χ0) is 8.39. The number of rotatable bonds is 3. The lowest BCUT2D eigenvalue weighted by molar-refractivity contribution is 0.526. The van der Waals surface area contributed by atoms with Gasteiger partial charge in [0.15, 0.2) is 0 Å². The molecule has 64 valence electrons. The number of nitrogens with one attached hydrogen (secondary N) is 1. The van der Waals surface area contributed by atoms with Gasteiger partial charge >= 0.3 is 0 Å². The summed E-state index contributed by atoms with van der Waals surface area (Å²) in [7, 11) is 2.00. The maximum absolute atomic E-state index is 3.87. The van der Waals surface area contributed by atoms with Gasteiger partial charge in [0.25, 0.3) is 0 Å². The molecule has 12 heavy (non-hydrogen) atoms. The normalized spacial score (nSPS) is 19.1. The molecule has 1 fully saturated rings. The van der Waals surface area contributed by atoms with Crippen LogP contribution < -0.4 is 5.32 Å². The standard InChI is InChI=1S/C9H13N3/c1-10-9(7-2-3-7)8-4-5-11-12-6-8/h4-7,9-10H,2-3H2,1H3. The summed E-state index contributed by atoms with van der Waals surface area (Å²) in [6.07, 6.45) is 6.28. The molecule has 1 aromatic heterocycles. The lowest BCUT2D eigenvalue weighted by Crippen LogP contribution is -2.18. The molecule has 0 saturated heterocycles. The molecule has 0 amide bonds. The molecule has 1 unspecified atom stereocenters. The van der Waals surface area contributed by atoms with E-state index in [-0.39, 0.29) is 0 Å². The Morgan fingerprint density at radius 1 is 1.50 bits per heavy atom. The molecule has 0 spiro atoms. The van der Waals surface area contributed by atoms with E-state index in [0.717, 1.165) is 5.92 Å². The van der Waals surface area contributed by atoms with Crippen LogP contribution in [0.3, 0.4) is 0 Å². The van der Waals surface area contributed by atoms with Gasteiger partial charge in [-0.2, -0.15) is 10.2 Å². The SMILES string of the molecule is CNC(c1ccnnc1)C1CC1. The van der Waals surface area contributed by atoms with Crippen LogP contribution in [0.2, 0.25) is 0 Å². The highest BCUT2D eigenvalue weighted by atomic mass is 15.1. The summed E-state index contributed by atoms with van der Waals surface area (Å²) in [4.78, 5) is 0. The van der Waals surface area contributed by atoms with Crippen molar-refractivity contribution in [1.82, 2.24) is 15.5 Å². The van der Waals surface area contributed by atoms with Crippen LogP contribution in [0.25, 0.3) is 0 Å². The van der Waals surface area contributed by atoms with E-state index in [9.17, 15) is 0 Å². The highest BCUT2D eigenvalue weighted by Crippen LogP contribution is 2.40. The fourth-order valence-corrected chi connectivity index (χ4v) is 1.59. The number of hydrogen-bond donors (Lipinski definition) is 1. The Labute approximate surface area is 72.2 Å². The van der Waals surface area contributed by atoms with Crippen molar-refractivity contribution in [3.8, 4) is 0 Å². The van der Waals surface area contributed by atoms with Gasteiger partial charge in [0.2, 0.25) is 0 Å². The van der Waals surface area contributed by atoms with Crippen LogP contribution >= 0.6 is 0 Å². The van der Waals surface area contributed by atoms with Crippen molar-refractivity contribution in [2.75, 3.05) is 7.05 Å². The molecule has 1 aliphatic carbocycles. The first-order chi connectivity index (χ1) is 5.92. The largest absolute Gasteiger partial charge is 0.313 e. The van der Waals surface area contributed by atoms with Crippen LogP contribution in [0.15, 0.2) is 18.5 Å². The minimum Gasteiger partial charge on any atom is -0.313 e. The quantitative estimate of drug-likeness (QED) is 0.726. The Bertz CT molecular complexity index is 243. The second kappa shape index (κ2) is 3.19. The lowest BCUT2D eigenvalue weighted by Gasteiger charge is -2.14. The zero-order valence-electron chi connectivity index (χ0n) is 7.20. The third-order valence-corrected chi connectivity index (χ3v) is 2.37. The van der Waals surface area contributed by atoms with E-state index >= 15 is 0 Å². The average molecular weight is 163 g/mol. The molecule has 0 aliphatic heterocycles. The van der Waals surface area contributed by atoms with Crippen molar-refractivity contribution in [3.63, 3.8) is 0 Å². The van der Waals surface area contributed by atoms with Crippen molar-refractivity contribution in [1.29, 1.82) is 0 Å². The third-order valence-electron chi connectivity index (χ3n) is 2.37. The summed E-state index contributed by atoms with van der Waals surface area (Å²) in [6.45, 7) is 0. The predicted octanol–water partition coefficient (Wildman–Crippen LogP) is 1.15. The number of aromatic nitrogens is 2. The fraction of sp³-hybridized carbons (Fsp3) is 0.556. The molecule has 0 aromatic carbocycles. The van der Waals surface area contributed by atoms with Crippen LogP contribution in [0, 0.1) is 5.92 Å². The van der Waals surface area contributed by atoms with E-state index in [4.69, 9.17) is 0 Å². The van der Waals surface area contributed by atoms with Gasteiger partial charge in [0.05, 0.1) is 6.20 Å². The van der Waals surface area contributed by atoms with E-state index in [0.29, 0.717) is 6.04 Å². The molecule has 1 N–H and O–H groups in total. The van der Waals surface area contributed by atoms with E-state index in [1.165, 1.54) is 18.4 Å². The molecule has 3 heteroatoms. The Morgan fingerprint density at radius 2 is 2.33 bits per heavy atom. The van der Waals surface area contributed by atoms with Crippen LogP contribution in [0.1, 0.15) is 24.4 Å². The summed E-state index contributed by atoms with van der Waals surface area (Å²) in [5.41, 5.74) is 1.26. The number of nitrogens with zero attached hydrogens (tertiary/aromatic N) is 2. The van der Waals surface area contributed by atoms with Crippen LogP contribution in [0.5, 0.6) is 0 Å². The minimum absolute atomic E-state index is 0.487. The molecule has 1 aliphatic rings.